The number of hydrogen-bond donors (Lipinski definition) is 2. The Hall–Kier alpha value is -3.25. The van der Waals surface area contributed by atoms with Crippen molar-refractivity contribution >= 4 is 21.4 Å². The average molecular weight is 503 g/mol. The smallest absolute Gasteiger partial charge is 0.262 e. The van der Waals surface area contributed by atoms with E-state index in [1.165, 1.54) is 11.1 Å². The van der Waals surface area contributed by atoms with Crippen molar-refractivity contribution in [1.82, 2.24) is 0 Å². The van der Waals surface area contributed by atoms with Crippen LogP contribution in [0.2, 0.25) is 0 Å². The highest BCUT2D eigenvalue weighted by molar-refractivity contribution is 7.92. The van der Waals surface area contributed by atoms with Crippen LogP contribution in [0.15, 0.2) is 83.8 Å². The van der Waals surface area contributed by atoms with E-state index >= 15 is 0 Å². The summed E-state index contributed by atoms with van der Waals surface area (Å²) in [6, 6.07) is 21.6. The maximum Gasteiger partial charge on any atom is 0.262 e. The Bertz CT molecular complexity index is 1390. The molecule has 188 valence electrons. The first kappa shape index (κ1) is 24.4. The van der Waals surface area contributed by atoms with Crippen LogP contribution in [0.5, 0.6) is 5.75 Å². The van der Waals surface area contributed by atoms with Crippen molar-refractivity contribution in [2.45, 2.75) is 56.4 Å². The van der Waals surface area contributed by atoms with Crippen molar-refractivity contribution in [3.05, 3.63) is 95.6 Å². The zero-order chi connectivity index (χ0) is 25.5. The number of para-hydroxylation sites is 2. The van der Waals surface area contributed by atoms with Crippen LogP contribution in [0.3, 0.4) is 0 Å². The topological polar surface area (TPSA) is 67.4 Å². The second-order valence-corrected chi connectivity index (χ2v) is 12.3. The molecule has 3 atom stereocenters. The number of ether oxygens (including phenoxy) is 1. The SMILES string of the molecule is CCOc1ccccc1NS(=O)(=O)c1ccc2c(c1)[C@H]1C=CC[C@H]1[C@@H](c1ccc(C(C)(C)C)cc1)N2. The molecule has 6 heteroatoms. The molecule has 0 saturated carbocycles. The summed E-state index contributed by atoms with van der Waals surface area (Å²) >= 11 is 0. The number of rotatable bonds is 6. The minimum absolute atomic E-state index is 0.113. The monoisotopic (exact) mass is 502 g/mol. The second kappa shape index (κ2) is 9.32. The fourth-order valence-electron chi connectivity index (χ4n) is 5.30. The van der Waals surface area contributed by atoms with Crippen LogP contribution in [-0.4, -0.2) is 15.0 Å². The molecule has 0 bridgehead atoms. The van der Waals surface area contributed by atoms with Crippen molar-refractivity contribution in [1.29, 1.82) is 0 Å². The van der Waals surface area contributed by atoms with E-state index in [0.29, 0.717) is 24.0 Å². The van der Waals surface area contributed by atoms with Gasteiger partial charge in [-0.25, -0.2) is 8.42 Å². The molecule has 1 aliphatic heterocycles. The first-order valence-corrected chi connectivity index (χ1v) is 14.1. The highest BCUT2D eigenvalue weighted by atomic mass is 32.2. The molecule has 5 rings (SSSR count). The molecule has 0 aromatic heterocycles. The van der Waals surface area contributed by atoms with Gasteiger partial charge < -0.3 is 10.1 Å². The van der Waals surface area contributed by atoms with Gasteiger partial charge in [0.2, 0.25) is 0 Å². The van der Waals surface area contributed by atoms with Crippen molar-refractivity contribution < 1.29 is 13.2 Å². The predicted molar refractivity (Wildman–Crippen MR) is 146 cm³/mol. The predicted octanol–water partition coefficient (Wildman–Crippen LogP) is 7.01. The molecule has 0 saturated heterocycles. The quantitative estimate of drug-likeness (QED) is 0.356. The summed E-state index contributed by atoms with van der Waals surface area (Å²) in [5.74, 6) is 1.02. The van der Waals surface area contributed by atoms with E-state index in [-0.39, 0.29) is 22.3 Å². The summed E-state index contributed by atoms with van der Waals surface area (Å²) in [7, 11) is -3.78. The molecule has 2 N–H and O–H groups in total. The maximum absolute atomic E-state index is 13.3. The summed E-state index contributed by atoms with van der Waals surface area (Å²) in [6.07, 6.45) is 5.41. The Kier molecular flexibility index (Phi) is 6.33. The van der Waals surface area contributed by atoms with Crippen molar-refractivity contribution in [3.8, 4) is 5.75 Å². The van der Waals surface area contributed by atoms with Gasteiger partial charge in [-0.15, -0.1) is 0 Å². The molecule has 3 aromatic rings. The van der Waals surface area contributed by atoms with E-state index < -0.39 is 10.0 Å². The largest absolute Gasteiger partial charge is 0.492 e. The van der Waals surface area contributed by atoms with Gasteiger partial charge in [0.1, 0.15) is 5.75 Å². The van der Waals surface area contributed by atoms with Crippen LogP contribution in [0.4, 0.5) is 11.4 Å². The first-order chi connectivity index (χ1) is 17.2. The summed E-state index contributed by atoms with van der Waals surface area (Å²) in [4.78, 5) is 0.251. The lowest BCUT2D eigenvalue weighted by atomic mass is 9.76. The van der Waals surface area contributed by atoms with Crippen LogP contribution < -0.4 is 14.8 Å². The van der Waals surface area contributed by atoms with Gasteiger partial charge in [-0.2, -0.15) is 0 Å². The van der Waals surface area contributed by atoms with Crippen LogP contribution in [-0.2, 0) is 15.4 Å². The zero-order valence-electron chi connectivity index (χ0n) is 21.3. The van der Waals surface area contributed by atoms with Gasteiger partial charge in [0.25, 0.3) is 10.0 Å². The lowest BCUT2D eigenvalue weighted by molar-refractivity contribution is 0.342. The lowest BCUT2D eigenvalue weighted by Gasteiger charge is -2.38. The Morgan fingerprint density at radius 3 is 2.50 bits per heavy atom. The van der Waals surface area contributed by atoms with E-state index in [9.17, 15) is 8.42 Å². The van der Waals surface area contributed by atoms with Gasteiger partial charge in [-0.05, 0) is 71.7 Å². The average Bonchev–Trinajstić information content (AvgIpc) is 3.34. The summed E-state index contributed by atoms with van der Waals surface area (Å²) in [6.45, 7) is 9.01. The lowest BCUT2D eigenvalue weighted by Crippen LogP contribution is -2.29. The molecule has 2 aliphatic rings. The fourth-order valence-corrected chi connectivity index (χ4v) is 6.40. The molecule has 36 heavy (non-hydrogen) atoms. The Morgan fingerprint density at radius 2 is 1.78 bits per heavy atom. The maximum atomic E-state index is 13.3. The van der Waals surface area contributed by atoms with Crippen LogP contribution >= 0.6 is 0 Å². The van der Waals surface area contributed by atoms with Crippen molar-refractivity contribution in [2.24, 2.45) is 5.92 Å². The molecule has 1 heterocycles. The van der Waals surface area contributed by atoms with Crippen molar-refractivity contribution in [2.75, 3.05) is 16.6 Å². The number of benzene rings is 3. The minimum atomic E-state index is -3.78. The third-order valence-electron chi connectivity index (χ3n) is 7.21. The molecule has 1 aliphatic carbocycles. The van der Waals surface area contributed by atoms with Gasteiger partial charge in [0, 0.05) is 11.6 Å². The van der Waals surface area contributed by atoms with E-state index in [0.717, 1.165) is 17.7 Å². The summed E-state index contributed by atoms with van der Waals surface area (Å²) < 4.78 is 35.0. The van der Waals surface area contributed by atoms with Gasteiger partial charge in [0.05, 0.1) is 23.2 Å². The summed E-state index contributed by atoms with van der Waals surface area (Å²) in [5.41, 5.74) is 5.14. The molecule has 5 nitrogen and oxygen atoms in total. The standard InChI is InChI=1S/C30H34N2O3S/c1-5-35-28-12-7-6-11-27(28)32-36(33,34)22-17-18-26-25(19-22)23-9-8-10-24(23)29(31-26)20-13-15-21(16-14-20)30(2,3)4/h6-9,11-19,23-24,29,31-32H,5,10H2,1-4H3/t23-,24+,29+/m0/s1. The van der Waals surface area contributed by atoms with Crippen LogP contribution in [0.1, 0.15) is 62.8 Å². The van der Waals surface area contributed by atoms with E-state index in [1.807, 2.05) is 25.1 Å². The third-order valence-corrected chi connectivity index (χ3v) is 8.57. The van der Waals surface area contributed by atoms with Gasteiger partial charge in [-0.1, -0.05) is 69.3 Å². The summed E-state index contributed by atoms with van der Waals surface area (Å²) in [5, 5.41) is 3.72. The Labute approximate surface area is 214 Å². The Balaban J connectivity index is 1.45. The highest BCUT2D eigenvalue weighted by Gasteiger charge is 2.38. The van der Waals surface area contributed by atoms with Gasteiger partial charge >= 0.3 is 0 Å². The Morgan fingerprint density at radius 1 is 1.03 bits per heavy atom. The normalized spacial score (nSPS) is 20.8. The van der Waals surface area contributed by atoms with E-state index in [1.54, 1.807) is 24.3 Å². The molecular formula is C30H34N2O3S. The van der Waals surface area contributed by atoms with Gasteiger partial charge in [0.15, 0.2) is 0 Å². The highest BCUT2D eigenvalue weighted by Crippen LogP contribution is 2.50. The van der Waals surface area contributed by atoms with E-state index in [4.69, 9.17) is 4.74 Å². The second-order valence-electron chi connectivity index (χ2n) is 10.6. The number of sulfonamides is 1. The number of anilines is 2. The molecule has 3 aromatic carbocycles. The number of nitrogens with one attached hydrogen (secondary N) is 2. The fraction of sp³-hybridized carbons (Fsp3) is 0.333. The van der Waals surface area contributed by atoms with E-state index in [2.05, 4.69) is 67.2 Å². The van der Waals surface area contributed by atoms with Gasteiger partial charge in [-0.3, -0.25) is 4.72 Å². The minimum Gasteiger partial charge on any atom is -0.492 e. The first-order valence-electron chi connectivity index (χ1n) is 12.6. The van der Waals surface area contributed by atoms with Crippen LogP contribution in [0, 0.1) is 5.92 Å². The molecule has 0 radical (unpaired) electrons. The molecular weight excluding hydrogens is 468 g/mol. The van der Waals surface area contributed by atoms with Crippen LogP contribution in [0.25, 0.3) is 0 Å². The number of fused-ring (bicyclic) bond motifs is 3. The molecule has 0 spiro atoms. The number of hydrogen-bond acceptors (Lipinski definition) is 4. The number of allylic oxidation sites excluding steroid dienone is 2. The molecule has 0 amide bonds. The molecule has 0 unspecified atom stereocenters. The molecule has 0 fully saturated rings. The zero-order valence-corrected chi connectivity index (χ0v) is 22.1. The third kappa shape index (κ3) is 4.62. The van der Waals surface area contributed by atoms with Crippen molar-refractivity contribution in [3.63, 3.8) is 0 Å².